The number of halogens is 2. The number of fused-ring (bicyclic) bond motifs is 1. The average Bonchev–Trinajstić information content (AvgIpc) is 2.46. The molecule has 0 aliphatic carbocycles. The summed E-state index contributed by atoms with van der Waals surface area (Å²) >= 11 is 5.82. The normalized spacial score (nSPS) is 17.5. The maximum absolute atomic E-state index is 13.6. The van der Waals surface area contributed by atoms with Crippen molar-refractivity contribution in [3.8, 4) is 5.75 Å². The number of rotatable bonds is 2. The van der Waals surface area contributed by atoms with E-state index in [1.54, 1.807) is 12.3 Å². The molecule has 1 atom stereocenters. The number of ether oxygens (including phenoxy) is 1. The first-order valence-corrected chi connectivity index (χ1v) is 6.96. The van der Waals surface area contributed by atoms with Gasteiger partial charge in [-0.1, -0.05) is 0 Å². The summed E-state index contributed by atoms with van der Waals surface area (Å²) in [7, 11) is 1.50. The van der Waals surface area contributed by atoms with Gasteiger partial charge in [-0.3, -0.25) is 0 Å². The van der Waals surface area contributed by atoms with Crippen LogP contribution >= 0.6 is 11.6 Å². The van der Waals surface area contributed by atoms with Gasteiger partial charge in [-0.15, -0.1) is 0 Å². The fourth-order valence-corrected chi connectivity index (χ4v) is 2.73. The molecular formula is C14H14ClFN4O. The molecule has 7 heteroatoms. The fraction of sp³-hybridized carbons (Fsp3) is 0.357. The Morgan fingerprint density at radius 3 is 2.95 bits per heavy atom. The SMILES string of the molecule is COc1cc(F)nc(N2CCc3nc(Cl)ncc3C2C)c1. The summed E-state index contributed by atoms with van der Waals surface area (Å²) in [5, 5.41) is 0.250. The van der Waals surface area contributed by atoms with Crippen LogP contribution < -0.4 is 9.64 Å². The molecule has 110 valence electrons. The number of hydrogen-bond donors (Lipinski definition) is 0. The molecule has 0 fully saturated rings. The highest BCUT2D eigenvalue weighted by molar-refractivity contribution is 6.28. The Hall–Kier alpha value is -1.95. The molecule has 0 saturated heterocycles. The van der Waals surface area contributed by atoms with Crippen molar-refractivity contribution in [3.63, 3.8) is 0 Å². The van der Waals surface area contributed by atoms with E-state index >= 15 is 0 Å². The molecule has 2 aromatic heterocycles. The monoisotopic (exact) mass is 308 g/mol. The second kappa shape index (κ2) is 5.44. The summed E-state index contributed by atoms with van der Waals surface area (Å²) in [5.74, 6) is 0.428. The van der Waals surface area contributed by atoms with E-state index in [2.05, 4.69) is 15.0 Å². The molecule has 0 saturated carbocycles. The standard InChI is InChI=1S/C14H14ClFN4O/c1-8-10-7-17-14(15)18-11(10)3-4-20(8)13-6-9(21-2)5-12(16)19-13/h5-8H,3-4H2,1-2H3. The van der Waals surface area contributed by atoms with Gasteiger partial charge in [-0.25, -0.2) is 15.0 Å². The minimum atomic E-state index is -0.560. The van der Waals surface area contributed by atoms with Crippen molar-refractivity contribution in [2.75, 3.05) is 18.6 Å². The lowest BCUT2D eigenvalue weighted by molar-refractivity contribution is 0.408. The highest BCUT2D eigenvalue weighted by Crippen LogP contribution is 2.33. The van der Waals surface area contributed by atoms with Crippen LogP contribution in [-0.4, -0.2) is 28.6 Å². The second-order valence-electron chi connectivity index (χ2n) is 4.85. The summed E-state index contributed by atoms with van der Waals surface area (Å²) in [6.07, 6.45) is 2.43. The molecule has 1 aliphatic rings. The maximum atomic E-state index is 13.6. The Morgan fingerprint density at radius 1 is 1.38 bits per heavy atom. The maximum Gasteiger partial charge on any atom is 0.222 e. The zero-order valence-electron chi connectivity index (χ0n) is 11.7. The van der Waals surface area contributed by atoms with Gasteiger partial charge in [0.15, 0.2) is 0 Å². The third-order valence-corrected chi connectivity index (χ3v) is 3.84. The topological polar surface area (TPSA) is 51.1 Å². The first kappa shape index (κ1) is 14.0. The first-order valence-electron chi connectivity index (χ1n) is 6.58. The van der Waals surface area contributed by atoms with Gasteiger partial charge in [0.2, 0.25) is 11.2 Å². The summed E-state index contributed by atoms with van der Waals surface area (Å²) in [4.78, 5) is 14.2. The van der Waals surface area contributed by atoms with Crippen molar-refractivity contribution in [1.82, 2.24) is 15.0 Å². The molecule has 1 unspecified atom stereocenters. The Bertz CT molecular complexity index is 682. The minimum Gasteiger partial charge on any atom is -0.496 e. The molecule has 0 spiro atoms. The third kappa shape index (κ3) is 2.63. The van der Waals surface area contributed by atoms with Crippen LogP contribution in [0.5, 0.6) is 5.75 Å². The molecule has 1 aliphatic heterocycles. The fourth-order valence-electron chi connectivity index (χ4n) is 2.58. The van der Waals surface area contributed by atoms with Crippen LogP contribution in [0, 0.1) is 5.95 Å². The van der Waals surface area contributed by atoms with Crippen molar-refractivity contribution < 1.29 is 9.13 Å². The van der Waals surface area contributed by atoms with E-state index in [0.29, 0.717) is 24.5 Å². The number of aromatic nitrogens is 3. The summed E-state index contributed by atoms with van der Waals surface area (Å²) in [6.45, 7) is 2.69. The quantitative estimate of drug-likeness (QED) is 0.631. The Balaban J connectivity index is 1.98. The molecule has 3 rings (SSSR count). The van der Waals surface area contributed by atoms with E-state index in [1.807, 2.05) is 11.8 Å². The highest BCUT2D eigenvalue weighted by Gasteiger charge is 2.27. The van der Waals surface area contributed by atoms with Gasteiger partial charge in [-0.05, 0) is 18.5 Å². The van der Waals surface area contributed by atoms with Crippen molar-refractivity contribution in [2.24, 2.45) is 0 Å². The molecule has 0 amide bonds. The molecular weight excluding hydrogens is 295 g/mol. The van der Waals surface area contributed by atoms with E-state index in [4.69, 9.17) is 16.3 Å². The summed E-state index contributed by atoms with van der Waals surface area (Å²) in [5.41, 5.74) is 1.91. The van der Waals surface area contributed by atoms with Crippen LogP contribution in [0.3, 0.4) is 0 Å². The lowest BCUT2D eigenvalue weighted by Crippen LogP contribution is -2.35. The number of methoxy groups -OCH3 is 1. The summed E-state index contributed by atoms with van der Waals surface area (Å²) < 4.78 is 18.7. The van der Waals surface area contributed by atoms with E-state index in [0.717, 1.165) is 11.3 Å². The predicted octanol–water partition coefficient (Wildman–Crippen LogP) is 2.80. The molecule has 0 aromatic carbocycles. The first-order chi connectivity index (χ1) is 10.1. The largest absolute Gasteiger partial charge is 0.496 e. The van der Waals surface area contributed by atoms with Gasteiger partial charge in [0.05, 0.1) is 18.8 Å². The molecule has 5 nitrogen and oxygen atoms in total. The van der Waals surface area contributed by atoms with Gasteiger partial charge < -0.3 is 9.64 Å². The second-order valence-corrected chi connectivity index (χ2v) is 5.19. The highest BCUT2D eigenvalue weighted by atomic mass is 35.5. The molecule has 21 heavy (non-hydrogen) atoms. The van der Waals surface area contributed by atoms with Crippen molar-refractivity contribution in [1.29, 1.82) is 0 Å². The minimum absolute atomic E-state index is 0.00924. The molecule has 0 radical (unpaired) electrons. The number of pyridine rings is 1. The van der Waals surface area contributed by atoms with Crippen molar-refractivity contribution >= 4 is 17.4 Å². The van der Waals surface area contributed by atoms with E-state index in [-0.39, 0.29) is 11.3 Å². The lowest BCUT2D eigenvalue weighted by Gasteiger charge is -2.35. The van der Waals surface area contributed by atoms with E-state index in [9.17, 15) is 4.39 Å². The molecule has 0 N–H and O–H groups in total. The van der Waals surface area contributed by atoms with Crippen molar-refractivity contribution in [3.05, 3.63) is 40.8 Å². The van der Waals surface area contributed by atoms with Crippen LogP contribution in [-0.2, 0) is 6.42 Å². The molecule has 3 heterocycles. The van der Waals surface area contributed by atoms with Gasteiger partial charge in [0.1, 0.15) is 11.6 Å². The van der Waals surface area contributed by atoms with Crippen LogP contribution in [0.1, 0.15) is 24.2 Å². The predicted molar refractivity (Wildman–Crippen MR) is 77.3 cm³/mol. The van der Waals surface area contributed by atoms with Crippen LogP contribution in [0.2, 0.25) is 5.28 Å². The number of nitrogens with zero attached hydrogens (tertiary/aromatic N) is 4. The summed E-state index contributed by atoms with van der Waals surface area (Å²) in [6, 6.07) is 2.97. The van der Waals surface area contributed by atoms with Crippen LogP contribution in [0.25, 0.3) is 0 Å². The smallest absolute Gasteiger partial charge is 0.222 e. The van der Waals surface area contributed by atoms with Gasteiger partial charge >= 0.3 is 0 Å². The van der Waals surface area contributed by atoms with Gasteiger partial charge in [-0.2, -0.15) is 4.39 Å². The number of anilines is 1. The lowest BCUT2D eigenvalue weighted by atomic mass is 10.00. The number of hydrogen-bond acceptors (Lipinski definition) is 5. The third-order valence-electron chi connectivity index (χ3n) is 3.66. The zero-order chi connectivity index (χ0) is 15.0. The Kier molecular flexibility index (Phi) is 3.63. The van der Waals surface area contributed by atoms with E-state index < -0.39 is 5.95 Å². The van der Waals surface area contributed by atoms with Crippen LogP contribution in [0.4, 0.5) is 10.2 Å². The average molecular weight is 309 g/mol. The Labute approximate surface area is 126 Å². The van der Waals surface area contributed by atoms with Gasteiger partial charge in [0, 0.05) is 36.9 Å². The van der Waals surface area contributed by atoms with Crippen molar-refractivity contribution in [2.45, 2.75) is 19.4 Å². The van der Waals surface area contributed by atoms with E-state index in [1.165, 1.54) is 13.2 Å². The van der Waals surface area contributed by atoms with Crippen LogP contribution in [0.15, 0.2) is 18.3 Å². The molecule has 2 aromatic rings. The van der Waals surface area contributed by atoms with Gasteiger partial charge in [0.25, 0.3) is 0 Å². The Morgan fingerprint density at radius 2 is 2.19 bits per heavy atom. The zero-order valence-corrected chi connectivity index (χ0v) is 12.4. The molecule has 0 bridgehead atoms.